The molecule has 0 spiro atoms. The Morgan fingerprint density at radius 1 is 1.60 bits per heavy atom. The first-order valence-corrected chi connectivity index (χ1v) is 4.41. The lowest BCUT2D eigenvalue weighted by Crippen LogP contribution is -2.26. The number of phenols is 1. The second kappa shape index (κ2) is 5.31. The van der Waals surface area contributed by atoms with Gasteiger partial charge in [0.05, 0.1) is 12.2 Å². The molecular formula is C10H12FNO3. The molecule has 0 unspecified atom stereocenters. The summed E-state index contributed by atoms with van der Waals surface area (Å²) in [5.41, 5.74) is 0.0486. The summed E-state index contributed by atoms with van der Waals surface area (Å²) >= 11 is 0. The van der Waals surface area contributed by atoms with Crippen LogP contribution in [0.2, 0.25) is 0 Å². The van der Waals surface area contributed by atoms with Crippen molar-refractivity contribution in [3.8, 4) is 5.75 Å². The smallest absolute Gasteiger partial charge is 0.255 e. The predicted molar refractivity (Wildman–Crippen MR) is 52.3 cm³/mol. The third-order valence-corrected chi connectivity index (χ3v) is 1.80. The SMILES string of the molecule is COCCNC(=O)c1ccc(F)cc1O. The number of aromatic hydroxyl groups is 1. The lowest BCUT2D eigenvalue weighted by atomic mass is 10.2. The van der Waals surface area contributed by atoms with Crippen LogP contribution in [0.1, 0.15) is 10.4 Å². The molecule has 1 amide bonds. The van der Waals surface area contributed by atoms with Crippen LogP contribution in [-0.4, -0.2) is 31.3 Å². The van der Waals surface area contributed by atoms with E-state index in [0.717, 1.165) is 12.1 Å². The van der Waals surface area contributed by atoms with Gasteiger partial charge in [-0.1, -0.05) is 0 Å². The standard InChI is InChI=1S/C10H12FNO3/c1-15-5-4-12-10(14)8-3-2-7(11)6-9(8)13/h2-3,6,13H,4-5H2,1H3,(H,12,14). The molecule has 1 aromatic carbocycles. The molecular weight excluding hydrogens is 201 g/mol. The molecule has 0 saturated carbocycles. The molecule has 1 rings (SSSR count). The fourth-order valence-electron chi connectivity index (χ4n) is 1.06. The van der Waals surface area contributed by atoms with E-state index < -0.39 is 11.7 Å². The number of rotatable bonds is 4. The number of phenolic OH excluding ortho intramolecular Hbond substituents is 1. The second-order valence-corrected chi connectivity index (χ2v) is 2.91. The van der Waals surface area contributed by atoms with Crippen molar-refractivity contribution < 1.29 is 19.0 Å². The Kier molecular flexibility index (Phi) is 4.05. The van der Waals surface area contributed by atoms with Crippen molar-refractivity contribution >= 4 is 5.91 Å². The topological polar surface area (TPSA) is 58.6 Å². The van der Waals surface area contributed by atoms with E-state index in [1.54, 1.807) is 0 Å². The van der Waals surface area contributed by atoms with Crippen molar-refractivity contribution in [2.45, 2.75) is 0 Å². The van der Waals surface area contributed by atoms with Gasteiger partial charge in [-0.15, -0.1) is 0 Å². The first-order valence-electron chi connectivity index (χ1n) is 4.41. The van der Waals surface area contributed by atoms with Gasteiger partial charge in [-0.2, -0.15) is 0 Å². The highest BCUT2D eigenvalue weighted by Gasteiger charge is 2.10. The van der Waals surface area contributed by atoms with Crippen LogP contribution >= 0.6 is 0 Å². The highest BCUT2D eigenvalue weighted by molar-refractivity contribution is 5.96. The summed E-state index contributed by atoms with van der Waals surface area (Å²) < 4.78 is 17.3. The van der Waals surface area contributed by atoms with Crippen LogP contribution in [-0.2, 0) is 4.74 Å². The van der Waals surface area contributed by atoms with Gasteiger partial charge in [0, 0.05) is 19.7 Å². The van der Waals surface area contributed by atoms with Crippen LogP contribution in [0.3, 0.4) is 0 Å². The fraction of sp³-hybridized carbons (Fsp3) is 0.300. The molecule has 5 heteroatoms. The fourth-order valence-corrected chi connectivity index (χ4v) is 1.06. The number of hydrogen-bond acceptors (Lipinski definition) is 3. The zero-order valence-corrected chi connectivity index (χ0v) is 8.29. The van der Waals surface area contributed by atoms with Crippen LogP contribution in [0.25, 0.3) is 0 Å². The lowest BCUT2D eigenvalue weighted by Gasteiger charge is -2.05. The van der Waals surface area contributed by atoms with Crippen molar-refractivity contribution in [2.24, 2.45) is 0 Å². The van der Waals surface area contributed by atoms with Gasteiger partial charge in [0.1, 0.15) is 11.6 Å². The number of amides is 1. The van der Waals surface area contributed by atoms with E-state index in [4.69, 9.17) is 4.74 Å². The molecule has 0 aliphatic rings. The molecule has 15 heavy (non-hydrogen) atoms. The molecule has 0 heterocycles. The molecule has 82 valence electrons. The molecule has 0 atom stereocenters. The van der Waals surface area contributed by atoms with Crippen molar-refractivity contribution in [1.29, 1.82) is 0 Å². The number of carbonyl (C=O) groups excluding carboxylic acids is 1. The van der Waals surface area contributed by atoms with Gasteiger partial charge in [0.25, 0.3) is 5.91 Å². The Morgan fingerprint density at radius 2 is 2.33 bits per heavy atom. The van der Waals surface area contributed by atoms with E-state index >= 15 is 0 Å². The van der Waals surface area contributed by atoms with Gasteiger partial charge in [0.15, 0.2) is 0 Å². The summed E-state index contributed by atoms with van der Waals surface area (Å²) in [6.45, 7) is 0.722. The Hall–Kier alpha value is -1.62. The number of carbonyl (C=O) groups is 1. The molecule has 0 aromatic heterocycles. The minimum absolute atomic E-state index is 0.0486. The third kappa shape index (κ3) is 3.21. The average Bonchev–Trinajstić information content (AvgIpc) is 2.17. The monoisotopic (exact) mass is 213 g/mol. The number of benzene rings is 1. The first kappa shape index (κ1) is 11.5. The summed E-state index contributed by atoms with van der Waals surface area (Å²) in [5.74, 6) is -1.41. The summed E-state index contributed by atoms with van der Waals surface area (Å²) in [6.07, 6.45) is 0. The van der Waals surface area contributed by atoms with E-state index in [0.29, 0.717) is 13.2 Å². The minimum atomic E-state index is -0.582. The first-order chi connectivity index (χ1) is 7.15. The molecule has 0 radical (unpaired) electrons. The largest absolute Gasteiger partial charge is 0.507 e. The predicted octanol–water partition coefficient (Wildman–Crippen LogP) is 0.907. The van der Waals surface area contributed by atoms with Gasteiger partial charge in [-0.05, 0) is 12.1 Å². The van der Waals surface area contributed by atoms with Crippen molar-refractivity contribution in [1.82, 2.24) is 5.32 Å². The van der Waals surface area contributed by atoms with Crippen LogP contribution < -0.4 is 5.32 Å². The summed E-state index contributed by atoms with van der Waals surface area (Å²) in [6, 6.07) is 3.24. The number of hydrogen-bond donors (Lipinski definition) is 2. The van der Waals surface area contributed by atoms with Crippen LogP contribution in [0.5, 0.6) is 5.75 Å². The van der Waals surface area contributed by atoms with E-state index in [2.05, 4.69) is 5.32 Å². The molecule has 0 aliphatic carbocycles. The number of halogens is 1. The van der Waals surface area contributed by atoms with Gasteiger partial charge < -0.3 is 15.2 Å². The Labute approximate surface area is 86.7 Å². The Balaban J connectivity index is 2.65. The van der Waals surface area contributed by atoms with E-state index in [-0.39, 0.29) is 11.3 Å². The molecule has 1 aromatic rings. The van der Waals surface area contributed by atoms with Gasteiger partial charge in [-0.3, -0.25) is 4.79 Å². The lowest BCUT2D eigenvalue weighted by molar-refractivity contribution is 0.0934. The summed E-state index contributed by atoms with van der Waals surface area (Å²) in [5, 5.41) is 11.8. The third-order valence-electron chi connectivity index (χ3n) is 1.80. The minimum Gasteiger partial charge on any atom is -0.507 e. The van der Waals surface area contributed by atoms with Crippen LogP contribution in [0.4, 0.5) is 4.39 Å². The van der Waals surface area contributed by atoms with Gasteiger partial charge >= 0.3 is 0 Å². The van der Waals surface area contributed by atoms with Gasteiger partial charge in [0.2, 0.25) is 0 Å². The average molecular weight is 213 g/mol. The summed E-state index contributed by atoms with van der Waals surface area (Å²) in [4.78, 5) is 11.4. The zero-order valence-electron chi connectivity index (χ0n) is 8.29. The highest BCUT2D eigenvalue weighted by atomic mass is 19.1. The van der Waals surface area contributed by atoms with Crippen LogP contribution in [0, 0.1) is 5.82 Å². The normalized spacial score (nSPS) is 10.0. The van der Waals surface area contributed by atoms with Crippen molar-refractivity contribution in [3.05, 3.63) is 29.6 Å². The number of ether oxygens (including phenoxy) is 1. The van der Waals surface area contributed by atoms with E-state index in [1.807, 2.05) is 0 Å². The Morgan fingerprint density at radius 3 is 2.93 bits per heavy atom. The molecule has 4 nitrogen and oxygen atoms in total. The highest BCUT2D eigenvalue weighted by Crippen LogP contribution is 2.17. The van der Waals surface area contributed by atoms with Crippen molar-refractivity contribution in [2.75, 3.05) is 20.3 Å². The molecule has 2 N–H and O–H groups in total. The van der Waals surface area contributed by atoms with Crippen molar-refractivity contribution in [3.63, 3.8) is 0 Å². The number of nitrogens with one attached hydrogen (secondary N) is 1. The second-order valence-electron chi connectivity index (χ2n) is 2.91. The molecule has 0 aliphatic heterocycles. The number of methoxy groups -OCH3 is 1. The maximum atomic E-state index is 12.6. The molecule has 0 saturated heterocycles. The van der Waals surface area contributed by atoms with E-state index in [1.165, 1.54) is 13.2 Å². The molecule has 0 fully saturated rings. The van der Waals surface area contributed by atoms with Crippen LogP contribution in [0.15, 0.2) is 18.2 Å². The summed E-state index contributed by atoms with van der Waals surface area (Å²) in [7, 11) is 1.52. The maximum absolute atomic E-state index is 12.6. The maximum Gasteiger partial charge on any atom is 0.255 e. The zero-order chi connectivity index (χ0) is 11.3. The Bertz CT molecular complexity index is 355. The van der Waals surface area contributed by atoms with E-state index in [9.17, 15) is 14.3 Å². The quantitative estimate of drug-likeness (QED) is 0.731. The molecule has 0 bridgehead atoms. The van der Waals surface area contributed by atoms with Gasteiger partial charge in [-0.25, -0.2) is 4.39 Å².